The molecule has 5 rings (SSSR count). The molecule has 0 aliphatic carbocycles. The Balaban J connectivity index is 1.57. The van der Waals surface area contributed by atoms with Gasteiger partial charge in [0.15, 0.2) is 11.6 Å². The fourth-order valence-electron chi connectivity index (χ4n) is 4.01. The lowest BCUT2D eigenvalue weighted by Crippen LogP contribution is -2.50. The van der Waals surface area contributed by atoms with E-state index in [1.54, 1.807) is 24.4 Å². The number of ether oxygens (including phenoxy) is 2. The number of aromatic nitrogens is 1. The molecule has 2 N–H and O–H groups in total. The van der Waals surface area contributed by atoms with E-state index in [0.29, 0.717) is 41.7 Å². The first-order chi connectivity index (χ1) is 14.5. The van der Waals surface area contributed by atoms with E-state index in [4.69, 9.17) is 9.47 Å². The highest BCUT2D eigenvalue weighted by molar-refractivity contribution is 5.96. The molecule has 2 aromatic carbocycles. The number of fused-ring (bicyclic) bond motifs is 2. The molecule has 1 unspecified atom stereocenters. The molecule has 1 amide bonds. The minimum absolute atomic E-state index is 0.198. The maximum Gasteiger partial charge on any atom is 0.252 e. The van der Waals surface area contributed by atoms with Gasteiger partial charge < -0.3 is 20.1 Å². The summed E-state index contributed by atoms with van der Waals surface area (Å²) in [6.45, 7) is 6.28. The van der Waals surface area contributed by atoms with Crippen LogP contribution in [0.4, 0.5) is 5.69 Å². The predicted octanol–water partition coefficient (Wildman–Crippen LogP) is 4.12. The molecule has 0 spiro atoms. The van der Waals surface area contributed by atoms with Crippen molar-refractivity contribution in [3.8, 4) is 11.5 Å². The zero-order valence-electron chi connectivity index (χ0n) is 16.6. The van der Waals surface area contributed by atoms with Gasteiger partial charge in [0.1, 0.15) is 17.0 Å². The number of benzene rings is 2. The van der Waals surface area contributed by atoms with Gasteiger partial charge in [0.2, 0.25) is 0 Å². The number of carbonyl (C=O) groups is 1. The second-order valence-corrected chi connectivity index (χ2v) is 7.54. The van der Waals surface area contributed by atoms with Crippen molar-refractivity contribution in [1.82, 2.24) is 10.3 Å². The number of nitrogens with zero attached hydrogens (tertiary/aromatic N) is 1. The van der Waals surface area contributed by atoms with Crippen LogP contribution in [-0.4, -0.2) is 17.5 Å². The topological polar surface area (TPSA) is 72.5 Å². The van der Waals surface area contributed by atoms with E-state index in [1.807, 2.05) is 43.3 Å². The standard InChI is InChI=1S/C24H21N3O3/c1-15-5-8-18(9-6-15)24(11-13-29-21-4-3-12-25-22(21)24)27-23(28)17-7-10-20-19(14-17)26-16(2)30-20/h3-10,12,14,26H,2,11,13H2,1H3,(H,27,28). The van der Waals surface area contributed by atoms with Gasteiger partial charge >= 0.3 is 0 Å². The van der Waals surface area contributed by atoms with Crippen molar-refractivity contribution in [3.63, 3.8) is 0 Å². The van der Waals surface area contributed by atoms with Crippen molar-refractivity contribution in [3.05, 3.63) is 95.6 Å². The van der Waals surface area contributed by atoms with Crippen LogP contribution in [0.2, 0.25) is 0 Å². The molecule has 0 radical (unpaired) electrons. The van der Waals surface area contributed by atoms with Gasteiger partial charge in [-0.05, 0) is 49.4 Å². The van der Waals surface area contributed by atoms with Crippen LogP contribution in [0.1, 0.15) is 33.6 Å². The molecule has 6 nitrogen and oxygen atoms in total. The molecule has 1 atom stereocenters. The highest BCUT2D eigenvalue weighted by Crippen LogP contribution is 2.41. The van der Waals surface area contributed by atoms with Crippen LogP contribution in [0.25, 0.3) is 0 Å². The van der Waals surface area contributed by atoms with E-state index in [2.05, 4.69) is 22.2 Å². The fourth-order valence-corrected chi connectivity index (χ4v) is 4.01. The summed E-state index contributed by atoms with van der Waals surface area (Å²) in [5.74, 6) is 1.59. The predicted molar refractivity (Wildman–Crippen MR) is 114 cm³/mol. The number of carbonyl (C=O) groups excluding carboxylic acids is 1. The van der Waals surface area contributed by atoms with Crippen LogP contribution in [0.5, 0.6) is 11.5 Å². The van der Waals surface area contributed by atoms with E-state index in [1.165, 1.54) is 0 Å². The third-order valence-corrected chi connectivity index (χ3v) is 5.53. The van der Waals surface area contributed by atoms with Crippen LogP contribution in [0.15, 0.2) is 73.3 Å². The summed E-state index contributed by atoms with van der Waals surface area (Å²) in [6.07, 6.45) is 2.31. The van der Waals surface area contributed by atoms with Crippen molar-refractivity contribution < 1.29 is 14.3 Å². The second-order valence-electron chi connectivity index (χ2n) is 7.54. The molecule has 3 aromatic rings. The van der Waals surface area contributed by atoms with Gasteiger partial charge in [0.25, 0.3) is 5.91 Å². The number of nitrogens with one attached hydrogen (secondary N) is 2. The smallest absolute Gasteiger partial charge is 0.252 e. The summed E-state index contributed by atoms with van der Waals surface area (Å²) in [7, 11) is 0. The Labute approximate surface area is 174 Å². The summed E-state index contributed by atoms with van der Waals surface area (Å²) < 4.78 is 11.3. The Morgan fingerprint density at radius 1 is 1.17 bits per heavy atom. The molecule has 3 heterocycles. The lowest BCUT2D eigenvalue weighted by Gasteiger charge is -2.39. The van der Waals surface area contributed by atoms with Crippen LogP contribution in [0.3, 0.4) is 0 Å². The summed E-state index contributed by atoms with van der Waals surface area (Å²) in [6, 6.07) is 17.2. The Hall–Kier alpha value is -3.80. The van der Waals surface area contributed by atoms with E-state index >= 15 is 0 Å². The average molecular weight is 399 g/mol. The van der Waals surface area contributed by atoms with Gasteiger partial charge in [0.05, 0.1) is 12.3 Å². The third kappa shape index (κ3) is 2.97. The fraction of sp³-hybridized carbons (Fsp3) is 0.167. The number of hydrogen-bond acceptors (Lipinski definition) is 5. The van der Waals surface area contributed by atoms with E-state index in [0.717, 1.165) is 16.8 Å². The maximum atomic E-state index is 13.4. The van der Waals surface area contributed by atoms with Gasteiger partial charge in [-0.15, -0.1) is 0 Å². The van der Waals surface area contributed by atoms with Crippen LogP contribution < -0.4 is 20.1 Å². The van der Waals surface area contributed by atoms with Crippen molar-refractivity contribution in [1.29, 1.82) is 0 Å². The SMILES string of the molecule is C=C1Nc2cc(C(=O)NC3(c4ccc(C)cc4)CCOc4cccnc43)ccc2O1. The first-order valence-electron chi connectivity index (χ1n) is 9.81. The Bertz CT molecular complexity index is 1160. The zero-order valence-corrected chi connectivity index (χ0v) is 16.6. The van der Waals surface area contributed by atoms with Crippen molar-refractivity contribution >= 4 is 11.6 Å². The Morgan fingerprint density at radius 2 is 2.00 bits per heavy atom. The molecular weight excluding hydrogens is 378 g/mol. The zero-order chi connectivity index (χ0) is 20.7. The van der Waals surface area contributed by atoms with Crippen LogP contribution in [-0.2, 0) is 5.54 Å². The van der Waals surface area contributed by atoms with Crippen molar-refractivity contribution in [2.24, 2.45) is 0 Å². The number of rotatable bonds is 3. The van der Waals surface area contributed by atoms with Crippen LogP contribution >= 0.6 is 0 Å². The van der Waals surface area contributed by atoms with Crippen molar-refractivity contribution in [2.75, 3.05) is 11.9 Å². The highest BCUT2D eigenvalue weighted by Gasteiger charge is 2.42. The molecule has 2 aliphatic heterocycles. The largest absolute Gasteiger partial charge is 0.491 e. The van der Waals surface area contributed by atoms with Gasteiger partial charge in [-0.1, -0.05) is 29.8 Å². The lowest BCUT2D eigenvalue weighted by molar-refractivity contribution is 0.0884. The second kappa shape index (κ2) is 6.91. The molecule has 6 heteroatoms. The minimum atomic E-state index is -0.786. The van der Waals surface area contributed by atoms with E-state index < -0.39 is 5.54 Å². The summed E-state index contributed by atoms with van der Waals surface area (Å²) in [4.78, 5) is 18.0. The molecule has 2 aliphatic rings. The van der Waals surface area contributed by atoms with E-state index in [9.17, 15) is 4.79 Å². The van der Waals surface area contributed by atoms with Gasteiger partial charge in [-0.2, -0.15) is 0 Å². The maximum absolute atomic E-state index is 13.4. The average Bonchev–Trinajstić information content (AvgIpc) is 3.13. The van der Waals surface area contributed by atoms with Gasteiger partial charge in [-0.3, -0.25) is 9.78 Å². The molecule has 0 saturated carbocycles. The van der Waals surface area contributed by atoms with Crippen LogP contribution in [0, 0.1) is 6.92 Å². The van der Waals surface area contributed by atoms with Crippen molar-refractivity contribution in [2.45, 2.75) is 18.9 Å². The number of amides is 1. The molecule has 0 fully saturated rings. The van der Waals surface area contributed by atoms with Gasteiger partial charge in [0, 0.05) is 18.2 Å². The molecule has 150 valence electrons. The molecule has 0 saturated heterocycles. The lowest BCUT2D eigenvalue weighted by atomic mass is 9.81. The summed E-state index contributed by atoms with van der Waals surface area (Å²) >= 11 is 0. The minimum Gasteiger partial charge on any atom is -0.491 e. The van der Waals surface area contributed by atoms with E-state index in [-0.39, 0.29) is 5.91 Å². The first-order valence-corrected chi connectivity index (χ1v) is 9.81. The van der Waals surface area contributed by atoms with Gasteiger partial charge in [-0.25, -0.2) is 0 Å². The number of hydrogen-bond donors (Lipinski definition) is 2. The normalized spacial score (nSPS) is 19.0. The third-order valence-electron chi connectivity index (χ3n) is 5.53. The summed E-state index contributed by atoms with van der Waals surface area (Å²) in [5.41, 5.74) is 3.30. The first kappa shape index (κ1) is 18.2. The highest BCUT2D eigenvalue weighted by atomic mass is 16.5. The Morgan fingerprint density at radius 3 is 2.83 bits per heavy atom. The quantitative estimate of drug-likeness (QED) is 0.693. The number of pyridine rings is 1. The number of aryl methyl sites for hydroxylation is 1. The monoisotopic (exact) mass is 399 g/mol. The Kier molecular flexibility index (Phi) is 4.20. The molecular formula is C24H21N3O3. The molecule has 0 bridgehead atoms. The molecule has 1 aromatic heterocycles. The summed E-state index contributed by atoms with van der Waals surface area (Å²) in [5, 5.41) is 6.30. The molecule has 30 heavy (non-hydrogen) atoms. The number of anilines is 1.